The molecule has 1 unspecified atom stereocenters. The van der Waals surface area contributed by atoms with Crippen molar-refractivity contribution in [1.82, 2.24) is 19.8 Å². The minimum atomic E-state index is -0.0363. The number of nitrogens with zero attached hydrogens (tertiary/aromatic N) is 3. The molecule has 0 radical (unpaired) electrons. The summed E-state index contributed by atoms with van der Waals surface area (Å²) in [5.41, 5.74) is 0. The van der Waals surface area contributed by atoms with Gasteiger partial charge < -0.3 is 14.8 Å². The van der Waals surface area contributed by atoms with Gasteiger partial charge in [0.2, 0.25) is 0 Å². The summed E-state index contributed by atoms with van der Waals surface area (Å²) in [6.07, 6.45) is 8.39. The van der Waals surface area contributed by atoms with E-state index < -0.39 is 0 Å². The van der Waals surface area contributed by atoms with E-state index in [1.807, 2.05) is 22.7 Å². The Kier molecular flexibility index (Phi) is 5.04. The highest BCUT2D eigenvalue weighted by Crippen LogP contribution is 2.20. The molecule has 0 bridgehead atoms. The lowest BCUT2D eigenvalue weighted by molar-refractivity contribution is 0.190. The summed E-state index contributed by atoms with van der Waals surface area (Å²) in [7, 11) is 1.97. The number of amides is 2. The maximum Gasteiger partial charge on any atom is 0.317 e. The standard InChI is InChI=1S/C15H26N4O/c1-12(2)13(14-16-8-11-18(14)3)17-15(20)19-9-6-4-5-7-10-19/h8,11-13H,4-7,9-10H2,1-3H3,(H,17,20). The summed E-state index contributed by atoms with van der Waals surface area (Å²) in [6, 6.07) is 0.0133. The van der Waals surface area contributed by atoms with Gasteiger partial charge in [-0.2, -0.15) is 0 Å². The highest BCUT2D eigenvalue weighted by atomic mass is 16.2. The molecule has 0 aliphatic carbocycles. The highest BCUT2D eigenvalue weighted by Gasteiger charge is 2.24. The maximum atomic E-state index is 12.5. The Balaban J connectivity index is 2.04. The molecule has 2 amide bonds. The van der Waals surface area contributed by atoms with Crippen molar-refractivity contribution < 1.29 is 4.79 Å². The Morgan fingerprint density at radius 2 is 1.90 bits per heavy atom. The molecule has 1 aromatic heterocycles. The predicted molar refractivity (Wildman–Crippen MR) is 79.4 cm³/mol. The van der Waals surface area contributed by atoms with Crippen molar-refractivity contribution in [3.05, 3.63) is 18.2 Å². The van der Waals surface area contributed by atoms with E-state index in [0.29, 0.717) is 5.92 Å². The van der Waals surface area contributed by atoms with Crippen molar-refractivity contribution in [3.8, 4) is 0 Å². The number of hydrogen-bond donors (Lipinski definition) is 1. The third kappa shape index (κ3) is 3.52. The molecule has 112 valence electrons. The minimum absolute atomic E-state index is 0.0363. The van der Waals surface area contributed by atoms with E-state index >= 15 is 0 Å². The summed E-state index contributed by atoms with van der Waals surface area (Å²) in [5.74, 6) is 1.23. The van der Waals surface area contributed by atoms with Crippen LogP contribution in [-0.2, 0) is 7.05 Å². The van der Waals surface area contributed by atoms with E-state index in [4.69, 9.17) is 0 Å². The fourth-order valence-corrected chi connectivity index (χ4v) is 2.70. The Hall–Kier alpha value is -1.52. The van der Waals surface area contributed by atoms with E-state index in [2.05, 4.69) is 24.1 Å². The van der Waals surface area contributed by atoms with Gasteiger partial charge in [-0.25, -0.2) is 9.78 Å². The minimum Gasteiger partial charge on any atom is -0.336 e. The van der Waals surface area contributed by atoms with Crippen molar-refractivity contribution in [1.29, 1.82) is 0 Å². The van der Waals surface area contributed by atoms with E-state index in [1.54, 1.807) is 6.20 Å². The molecule has 1 aliphatic heterocycles. The van der Waals surface area contributed by atoms with Crippen LogP contribution in [0, 0.1) is 5.92 Å². The zero-order chi connectivity index (χ0) is 14.5. The number of carbonyl (C=O) groups is 1. The van der Waals surface area contributed by atoms with Crippen molar-refractivity contribution in [2.75, 3.05) is 13.1 Å². The summed E-state index contributed by atoms with van der Waals surface area (Å²) >= 11 is 0. The molecule has 0 saturated carbocycles. The summed E-state index contributed by atoms with van der Waals surface area (Å²) < 4.78 is 1.98. The number of hydrogen-bond acceptors (Lipinski definition) is 2. The average molecular weight is 278 g/mol. The lowest BCUT2D eigenvalue weighted by Crippen LogP contribution is -2.44. The largest absolute Gasteiger partial charge is 0.336 e. The molecule has 0 spiro atoms. The summed E-state index contributed by atoms with van der Waals surface area (Å²) in [4.78, 5) is 18.8. The fraction of sp³-hybridized carbons (Fsp3) is 0.733. The van der Waals surface area contributed by atoms with Crippen LogP contribution in [-0.4, -0.2) is 33.6 Å². The van der Waals surface area contributed by atoms with Gasteiger partial charge in [-0.3, -0.25) is 0 Å². The van der Waals surface area contributed by atoms with E-state index in [-0.39, 0.29) is 12.1 Å². The first-order valence-corrected chi connectivity index (χ1v) is 7.62. The van der Waals surface area contributed by atoms with E-state index in [1.165, 1.54) is 12.8 Å². The molecular formula is C15H26N4O. The number of aromatic nitrogens is 2. The van der Waals surface area contributed by atoms with Crippen molar-refractivity contribution in [3.63, 3.8) is 0 Å². The number of aryl methyl sites for hydroxylation is 1. The molecule has 1 atom stereocenters. The molecule has 1 aliphatic rings. The number of likely N-dealkylation sites (tertiary alicyclic amines) is 1. The molecule has 1 fully saturated rings. The quantitative estimate of drug-likeness (QED) is 0.924. The first-order chi connectivity index (χ1) is 9.59. The second-order valence-electron chi connectivity index (χ2n) is 5.97. The number of urea groups is 1. The van der Waals surface area contributed by atoms with Crippen LogP contribution in [0.5, 0.6) is 0 Å². The van der Waals surface area contributed by atoms with Gasteiger partial charge in [-0.05, 0) is 18.8 Å². The van der Waals surface area contributed by atoms with Crippen LogP contribution in [0.15, 0.2) is 12.4 Å². The van der Waals surface area contributed by atoms with Gasteiger partial charge in [0.1, 0.15) is 5.82 Å². The third-order valence-corrected chi connectivity index (χ3v) is 3.98. The Bertz CT molecular complexity index is 433. The van der Waals surface area contributed by atoms with Crippen molar-refractivity contribution in [2.24, 2.45) is 13.0 Å². The van der Waals surface area contributed by atoms with Gasteiger partial charge in [0.25, 0.3) is 0 Å². The first-order valence-electron chi connectivity index (χ1n) is 7.62. The SMILES string of the molecule is CC(C)C(NC(=O)N1CCCCCC1)c1nccn1C. The van der Waals surface area contributed by atoms with E-state index in [0.717, 1.165) is 31.8 Å². The third-order valence-electron chi connectivity index (χ3n) is 3.98. The monoisotopic (exact) mass is 278 g/mol. The van der Waals surface area contributed by atoms with Gasteiger partial charge in [0.15, 0.2) is 0 Å². The average Bonchev–Trinajstić information content (AvgIpc) is 2.68. The first kappa shape index (κ1) is 14.9. The van der Waals surface area contributed by atoms with Gasteiger partial charge >= 0.3 is 6.03 Å². The predicted octanol–water partition coefficient (Wildman–Crippen LogP) is 2.70. The highest BCUT2D eigenvalue weighted by molar-refractivity contribution is 5.74. The van der Waals surface area contributed by atoms with Gasteiger partial charge in [0, 0.05) is 32.5 Å². The Morgan fingerprint density at radius 1 is 1.25 bits per heavy atom. The van der Waals surface area contributed by atoms with Gasteiger partial charge in [-0.15, -0.1) is 0 Å². The topological polar surface area (TPSA) is 50.2 Å². The second-order valence-corrected chi connectivity index (χ2v) is 5.97. The number of nitrogens with one attached hydrogen (secondary N) is 1. The van der Waals surface area contributed by atoms with Crippen LogP contribution in [0.4, 0.5) is 4.79 Å². The lowest BCUT2D eigenvalue weighted by atomic mass is 10.0. The Labute approximate surface area is 121 Å². The molecule has 5 nitrogen and oxygen atoms in total. The summed E-state index contributed by atoms with van der Waals surface area (Å²) in [6.45, 7) is 5.97. The van der Waals surface area contributed by atoms with Crippen LogP contribution in [0.1, 0.15) is 51.4 Å². The zero-order valence-corrected chi connectivity index (χ0v) is 12.8. The van der Waals surface area contributed by atoms with Crippen LogP contribution in [0.2, 0.25) is 0 Å². The van der Waals surface area contributed by atoms with Crippen LogP contribution < -0.4 is 5.32 Å². The van der Waals surface area contributed by atoms with Crippen molar-refractivity contribution in [2.45, 2.75) is 45.6 Å². The van der Waals surface area contributed by atoms with Gasteiger partial charge in [0.05, 0.1) is 6.04 Å². The fourth-order valence-electron chi connectivity index (χ4n) is 2.70. The van der Waals surface area contributed by atoms with Crippen LogP contribution in [0.3, 0.4) is 0 Å². The second kappa shape index (κ2) is 6.77. The van der Waals surface area contributed by atoms with Gasteiger partial charge in [-0.1, -0.05) is 26.7 Å². The number of carbonyl (C=O) groups excluding carboxylic acids is 1. The molecule has 2 heterocycles. The van der Waals surface area contributed by atoms with Crippen LogP contribution in [0.25, 0.3) is 0 Å². The summed E-state index contributed by atoms with van der Waals surface area (Å²) in [5, 5.41) is 3.16. The molecular weight excluding hydrogens is 252 g/mol. The van der Waals surface area contributed by atoms with Crippen LogP contribution >= 0.6 is 0 Å². The maximum absolute atomic E-state index is 12.5. The lowest BCUT2D eigenvalue weighted by Gasteiger charge is -2.27. The number of rotatable bonds is 3. The molecule has 0 aromatic carbocycles. The number of imidazole rings is 1. The molecule has 1 aromatic rings. The molecule has 20 heavy (non-hydrogen) atoms. The molecule has 1 saturated heterocycles. The zero-order valence-electron chi connectivity index (χ0n) is 12.8. The smallest absolute Gasteiger partial charge is 0.317 e. The van der Waals surface area contributed by atoms with E-state index in [9.17, 15) is 4.79 Å². The normalized spacial score (nSPS) is 17.9. The molecule has 2 rings (SSSR count). The Morgan fingerprint density at radius 3 is 2.40 bits per heavy atom. The molecule has 1 N–H and O–H groups in total. The van der Waals surface area contributed by atoms with Crippen molar-refractivity contribution >= 4 is 6.03 Å². The molecule has 5 heteroatoms.